The lowest BCUT2D eigenvalue weighted by Gasteiger charge is -1.96. The molecule has 0 aromatic heterocycles. The monoisotopic (exact) mass is 167 g/mol. The van der Waals surface area contributed by atoms with Gasteiger partial charge in [0.1, 0.15) is 0 Å². The van der Waals surface area contributed by atoms with Crippen molar-refractivity contribution < 1.29 is 30.7 Å². The van der Waals surface area contributed by atoms with Gasteiger partial charge < -0.3 is 5.26 Å². The molecule has 1 N–H and O–H groups in total. The van der Waals surface area contributed by atoms with Crippen LogP contribution in [0.1, 0.15) is 26.2 Å². The van der Waals surface area contributed by atoms with Gasteiger partial charge in [-0.3, -0.25) is 5.04 Å². The quantitative estimate of drug-likeness (QED) is 0.369. The third-order valence-corrected chi connectivity index (χ3v) is 1.36. The van der Waals surface area contributed by atoms with Gasteiger partial charge in [0.15, 0.2) is 0 Å². The van der Waals surface area contributed by atoms with Crippen LogP contribution in [0.3, 0.4) is 0 Å². The second-order valence-electron chi connectivity index (χ2n) is 2.13. The van der Waals surface area contributed by atoms with Crippen LogP contribution in [-0.2, 0) is 20.2 Å². The molecular formula is C5H11O6-. The normalized spacial score (nSPS) is 15.5. The van der Waals surface area contributed by atoms with Crippen LogP contribution in [0.15, 0.2) is 0 Å². The van der Waals surface area contributed by atoms with Crippen LogP contribution in [0.25, 0.3) is 0 Å². The van der Waals surface area contributed by atoms with Crippen molar-refractivity contribution in [3.8, 4) is 0 Å². The van der Waals surface area contributed by atoms with E-state index in [1.54, 1.807) is 0 Å². The average molecular weight is 167 g/mol. The molecule has 0 aromatic rings. The van der Waals surface area contributed by atoms with Crippen molar-refractivity contribution in [3.63, 3.8) is 0 Å². The van der Waals surface area contributed by atoms with E-state index in [9.17, 15) is 0 Å². The van der Waals surface area contributed by atoms with E-state index in [-0.39, 0.29) is 0 Å². The summed E-state index contributed by atoms with van der Waals surface area (Å²) in [5, 5.41) is 27.0. The summed E-state index contributed by atoms with van der Waals surface area (Å²) in [5.74, 6) is 1.13. The SMILES string of the molecule is CCC1CC1.[O-]OOOOO. The van der Waals surface area contributed by atoms with E-state index >= 15 is 0 Å². The van der Waals surface area contributed by atoms with Crippen LogP contribution in [-0.4, -0.2) is 5.26 Å². The van der Waals surface area contributed by atoms with Gasteiger partial charge in [-0.15, -0.1) is 0 Å². The lowest BCUT2D eigenvalue weighted by Crippen LogP contribution is -2.05. The van der Waals surface area contributed by atoms with Gasteiger partial charge >= 0.3 is 0 Å². The van der Waals surface area contributed by atoms with Crippen LogP contribution < -0.4 is 5.26 Å². The first-order valence-corrected chi connectivity index (χ1v) is 3.28. The van der Waals surface area contributed by atoms with Crippen LogP contribution in [0.2, 0.25) is 0 Å². The Kier molecular flexibility index (Phi) is 7.69. The Hall–Kier alpha value is -0.240. The zero-order valence-corrected chi connectivity index (χ0v) is 6.19. The molecule has 0 saturated heterocycles. The summed E-state index contributed by atoms with van der Waals surface area (Å²) in [4.78, 5) is 0. The molecule has 1 aliphatic rings. The van der Waals surface area contributed by atoms with Crippen molar-refractivity contribution in [1.29, 1.82) is 0 Å². The molecule has 68 valence electrons. The predicted octanol–water partition coefficient (Wildman–Crippen LogP) is 0.352. The highest BCUT2D eigenvalue weighted by Crippen LogP contribution is 2.31. The standard InChI is InChI=1S/C5H10.H2O6/c1-2-5-3-4-5;1-3-5-6-4-2/h5H,2-4H2,1H3;1-2H/p-1. The van der Waals surface area contributed by atoms with Gasteiger partial charge in [-0.2, -0.15) is 0 Å². The van der Waals surface area contributed by atoms with Gasteiger partial charge in [0.05, 0.1) is 0 Å². The van der Waals surface area contributed by atoms with Gasteiger partial charge in [-0.1, -0.05) is 26.2 Å². The predicted molar refractivity (Wildman–Crippen MR) is 30.0 cm³/mol. The molecule has 0 aliphatic heterocycles. The van der Waals surface area contributed by atoms with Crippen LogP contribution in [0, 0.1) is 5.92 Å². The van der Waals surface area contributed by atoms with Gasteiger partial charge in [0.25, 0.3) is 0 Å². The largest absolute Gasteiger partial charge is 0.689 e. The van der Waals surface area contributed by atoms with Crippen molar-refractivity contribution in [3.05, 3.63) is 0 Å². The fourth-order valence-electron chi connectivity index (χ4n) is 0.550. The average Bonchev–Trinajstić information content (AvgIpc) is 2.84. The van der Waals surface area contributed by atoms with E-state index < -0.39 is 0 Å². The molecule has 0 unspecified atom stereocenters. The van der Waals surface area contributed by atoms with Gasteiger partial charge in [-0.05, 0) is 21.0 Å². The summed E-state index contributed by atoms with van der Waals surface area (Å²) >= 11 is 0. The maximum absolute atomic E-state index is 8.65. The fraction of sp³-hybridized carbons (Fsp3) is 1.00. The summed E-state index contributed by atoms with van der Waals surface area (Å²) in [5.41, 5.74) is 0. The molecule has 11 heavy (non-hydrogen) atoms. The zero-order chi connectivity index (χ0) is 8.53. The molecular weight excluding hydrogens is 156 g/mol. The van der Waals surface area contributed by atoms with Crippen molar-refractivity contribution in [2.24, 2.45) is 5.92 Å². The van der Waals surface area contributed by atoms with E-state index in [4.69, 9.17) is 10.5 Å². The van der Waals surface area contributed by atoms with Gasteiger partial charge in [0.2, 0.25) is 0 Å². The minimum absolute atomic E-state index is 1.13. The van der Waals surface area contributed by atoms with E-state index in [0.29, 0.717) is 0 Å². The molecule has 0 bridgehead atoms. The molecule has 1 saturated carbocycles. The molecule has 0 heterocycles. The number of hydrogen-bond acceptors (Lipinski definition) is 6. The topological polar surface area (TPSA) is 80.2 Å². The fourth-order valence-corrected chi connectivity index (χ4v) is 0.550. The summed E-state index contributed by atoms with van der Waals surface area (Å²) in [6, 6.07) is 0. The highest BCUT2D eigenvalue weighted by molar-refractivity contribution is 4.69. The molecule has 1 rings (SSSR count). The van der Waals surface area contributed by atoms with E-state index in [1.165, 1.54) is 19.3 Å². The van der Waals surface area contributed by atoms with Gasteiger partial charge in [0, 0.05) is 0 Å². The Labute approximate surface area is 63.9 Å². The van der Waals surface area contributed by atoms with Crippen molar-refractivity contribution >= 4 is 0 Å². The third-order valence-electron chi connectivity index (χ3n) is 1.36. The molecule has 0 spiro atoms. The van der Waals surface area contributed by atoms with Crippen molar-refractivity contribution in [2.75, 3.05) is 0 Å². The first kappa shape index (κ1) is 10.8. The minimum atomic E-state index is 1.13. The molecule has 1 fully saturated rings. The van der Waals surface area contributed by atoms with E-state index in [1.807, 2.05) is 0 Å². The minimum Gasteiger partial charge on any atom is -0.689 e. The van der Waals surface area contributed by atoms with Crippen molar-refractivity contribution in [2.45, 2.75) is 26.2 Å². The summed E-state index contributed by atoms with van der Waals surface area (Å²) in [6.07, 6.45) is 4.44. The lowest BCUT2D eigenvalue weighted by molar-refractivity contribution is -0.888. The van der Waals surface area contributed by atoms with Crippen LogP contribution in [0.4, 0.5) is 0 Å². The first-order valence-electron chi connectivity index (χ1n) is 3.28. The molecule has 6 heteroatoms. The zero-order valence-electron chi connectivity index (χ0n) is 6.19. The Bertz CT molecular complexity index is 69.4. The second kappa shape index (κ2) is 7.86. The number of hydrogen-bond donors (Lipinski definition) is 1. The Morgan fingerprint density at radius 3 is 2.18 bits per heavy atom. The maximum atomic E-state index is 8.65. The van der Waals surface area contributed by atoms with Crippen LogP contribution in [0.5, 0.6) is 0 Å². The van der Waals surface area contributed by atoms with E-state index in [2.05, 4.69) is 27.1 Å². The summed E-state index contributed by atoms with van der Waals surface area (Å²) in [6.45, 7) is 2.26. The Morgan fingerprint density at radius 2 is 2.09 bits per heavy atom. The summed E-state index contributed by atoms with van der Waals surface area (Å²) in [7, 11) is 0. The lowest BCUT2D eigenvalue weighted by atomic mass is 10.3. The molecule has 0 aromatic carbocycles. The Morgan fingerprint density at radius 1 is 1.45 bits per heavy atom. The van der Waals surface area contributed by atoms with Gasteiger partial charge in [-0.25, -0.2) is 5.26 Å². The van der Waals surface area contributed by atoms with E-state index in [0.717, 1.165) is 5.92 Å². The smallest absolute Gasteiger partial charge is 0.00581 e. The molecule has 0 amide bonds. The first-order chi connectivity index (χ1) is 5.35. The van der Waals surface area contributed by atoms with Crippen LogP contribution >= 0.6 is 0 Å². The summed E-state index contributed by atoms with van der Waals surface area (Å²) < 4.78 is 0. The molecule has 1 aliphatic carbocycles. The molecule has 6 nitrogen and oxygen atoms in total. The second-order valence-corrected chi connectivity index (χ2v) is 2.13. The molecule has 0 atom stereocenters. The highest BCUT2D eigenvalue weighted by atomic mass is 17.8. The van der Waals surface area contributed by atoms with Crippen molar-refractivity contribution in [1.82, 2.24) is 0 Å². The maximum Gasteiger partial charge on any atom is -0.00581 e. The number of rotatable bonds is 4. The Balaban J connectivity index is 0.000000183. The molecule has 0 radical (unpaired) electrons. The third kappa shape index (κ3) is 9.76. The highest BCUT2D eigenvalue weighted by Gasteiger charge is 2.17.